The summed E-state index contributed by atoms with van der Waals surface area (Å²) in [7, 11) is 1.69. The van der Waals surface area contributed by atoms with Crippen molar-refractivity contribution in [3.05, 3.63) is 33.9 Å². The molecule has 2 rings (SSSR count). The van der Waals surface area contributed by atoms with Gasteiger partial charge in [0.05, 0.1) is 11.0 Å². The number of benzene rings is 1. The Hall–Kier alpha value is -2.17. The topological polar surface area (TPSA) is 105 Å². The van der Waals surface area contributed by atoms with Gasteiger partial charge in [-0.25, -0.2) is 0 Å². The minimum Gasteiger partial charge on any atom is -0.381 e. The van der Waals surface area contributed by atoms with Gasteiger partial charge >= 0.3 is 0 Å². The zero-order valence-electron chi connectivity index (χ0n) is 11.9. The number of hydrogen-bond donors (Lipinski definition) is 1. The monoisotopic (exact) mass is 290 g/mol. The smallest absolute Gasteiger partial charge is 0.287 e. The largest absolute Gasteiger partial charge is 0.381 e. The Kier molecular flexibility index (Phi) is 4.73. The molecule has 0 saturated carbocycles. The summed E-state index contributed by atoms with van der Waals surface area (Å²) < 4.78 is 5.38. The van der Waals surface area contributed by atoms with E-state index in [-0.39, 0.29) is 23.4 Å². The predicted octanol–water partition coefficient (Wildman–Crippen LogP) is 1.41. The molecule has 2 unspecified atom stereocenters. The minimum absolute atomic E-state index is 0.0714. The summed E-state index contributed by atoms with van der Waals surface area (Å²) in [5.74, 6) is 0. The van der Waals surface area contributed by atoms with Crippen LogP contribution in [0.15, 0.2) is 18.2 Å². The van der Waals surface area contributed by atoms with E-state index in [1.807, 2.05) is 6.07 Å². The van der Waals surface area contributed by atoms with E-state index in [4.69, 9.17) is 15.7 Å². The quantitative estimate of drug-likeness (QED) is 0.664. The van der Waals surface area contributed by atoms with Crippen molar-refractivity contribution in [2.45, 2.75) is 25.0 Å². The average Bonchev–Trinajstić information content (AvgIpc) is 2.53. The van der Waals surface area contributed by atoms with Crippen molar-refractivity contribution in [3.8, 4) is 6.07 Å². The van der Waals surface area contributed by atoms with Gasteiger partial charge in [-0.3, -0.25) is 10.1 Å². The maximum Gasteiger partial charge on any atom is 0.287 e. The van der Waals surface area contributed by atoms with Crippen molar-refractivity contribution < 1.29 is 9.66 Å². The van der Waals surface area contributed by atoms with Crippen molar-refractivity contribution in [1.29, 1.82) is 5.26 Å². The second kappa shape index (κ2) is 6.52. The Morgan fingerprint density at radius 2 is 2.38 bits per heavy atom. The Balaban J connectivity index is 2.29. The van der Waals surface area contributed by atoms with E-state index >= 15 is 0 Å². The first-order valence-corrected chi connectivity index (χ1v) is 6.78. The number of methoxy groups -OCH3 is 1. The third-order valence-corrected chi connectivity index (χ3v) is 3.90. The highest BCUT2D eigenvalue weighted by Crippen LogP contribution is 2.29. The van der Waals surface area contributed by atoms with E-state index < -0.39 is 4.92 Å². The normalized spacial score (nSPS) is 21.9. The molecule has 1 fully saturated rings. The molecule has 0 radical (unpaired) electrons. The van der Waals surface area contributed by atoms with Crippen LogP contribution in [0.1, 0.15) is 18.4 Å². The molecule has 1 heterocycles. The van der Waals surface area contributed by atoms with Gasteiger partial charge in [-0.1, -0.05) is 0 Å². The second-order valence-electron chi connectivity index (χ2n) is 5.04. The first-order chi connectivity index (χ1) is 10.1. The lowest BCUT2D eigenvalue weighted by molar-refractivity contribution is -0.385. The van der Waals surface area contributed by atoms with Gasteiger partial charge in [-0.2, -0.15) is 5.26 Å². The predicted molar refractivity (Wildman–Crippen MR) is 78.0 cm³/mol. The molecule has 1 aromatic carbocycles. The number of piperidine rings is 1. The van der Waals surface area contributed by atoms with Crippen molar-refractivity contribution in [1.82, 2.24) is 0 Å². The number of anilines is 1. The zero-order chi connectivity index (χ0) is 15.4. The summed E-state index contributed by atoms with van der Waals surface area (Å²) in [5.41, 5.74) is 6.52. The maximum absolute atomic E-state index is 10.9. The molecule has 1 aromatic rings. The van der Waals surface area contributed by atoms with Crippen molar-refractivity contribution in [2.75, 3.05) is 25.1 Å². The molecule has 112 valence electrons. The Morgan fingerprint density at radius 3 is 2.95 bits per heavy atom. The van der Waals surface area contributed by atoms with Crippen LogP contribution < -0.4 is 10.6 Å². The molecule has 7 nitrogen and oxygen atoms in total. The average molecular weight is 290 g/mol. The highest BCUT2D eigenvalue weighted by atomic mass is 16.6. The van der Waals surface area contributed by atoms with Crippen LogP contribution in [0.4, 0.5) is 11.4 Å². The number of ether oxygens (including phenoxy) is 1. The molecule has 1 aliphatic rings. The summed E-state index contributed by atoms with van der Waals surface area (Å²) in [6.45, 7) is 1.22. The molecule has 21 heavy (non-hydrogen) atoms. The lowest BCUT2D eigenvalue weighted by Crippen LogP contribution is -2.48. The van der Waals surface area contributed by atoms with Gasteiger partial charge in [0.25, 0.3) is 5.69 Å². The number of hydrogen-bond acceptors (Lipinski definition) is 6. The van der Waals surface area contributed by atoms with E-state index in [1.54, 1.807) is 19.2 Å². The van der Waals surface area contributed by atoms with Crippen LogP contribution in [0.2, 0.25) is 0 Å². The molecule has 0 aromatic heterocycles. The van der Waals surface area contributed by atoms with Crippen LogP contribution in [-0.4, -0.2) is 37.3 Å². The van der Waals surface area contributed by atoms with Crippen LogP contribution in [0.3, 0.4) is 0 Å². The zero-order valence-corrected chi connectivity index (χ0v) is 11.9. The highest BCUT2D eigenvalue weighted by molar-refractivity contribution is 5.60. The first kappa shape index (κ1) is 15.2. The Bertz CT molecular complexity index is 570. The molecule has 7 heteroatoms. The fraction of sp³-hybridized carbons (Fsp3) is 0.500. The van der Waals surface area contributed by atoms with Crippen LogP contribution in [0.25, 0.3) is 0 Å². The van der Waals surface area contributed by atoms with Crippen molar-refractivity contribution >= 4 is 11.4 Å². The molecule has 1 saturated heterocycles. The molecule has 0 bridgehead atoms. The Labute approximate surface area is 123 Å². The summed E-state index contributed by atoms with van der Waals surface area (Å²) in [6, 6.07) is 6.61. The van der Waals surface area contributed by atoms with Crippen LogP contribution in [-0.2, 0) is 4.74 Å². The molecular weight excluding hydrogens is 272 g/mol. The molecular formula is C14H18N4O3. The third kappa shape index (κ3) is 3.12. The lowest BCUT2D eigenvalue weighted by atomic mass is 9.98. The molecule has 2 atom stereocenters. The maximum atomic E-state index is 10.9. The van der Waals surface area contributed by atoms with Gasteiger partial charge in [0.15, 0.2) is 0 Å². The van der Waals surface area contributed by atoms with Crippen LogP contribution in [0.5, 0.6) is 0 Å². The van der Waals surface area contributed by atoms with E-state index in [0.717, 1.165) is 25.1 Å². The van der Waals surface area contributed by atoms with Crippen molar-refractivity contribution in [3.63, 3.8) is 0 Å². The van der Waals surface area contributed by atoms with Gasteiger partial charge in [0, 0.05) is 38.0 Å². The van der Waals surface area contributed by atoms with Gasteiger partial charge in [-0.15, -0.1) is 0 Å². The number of nitriles is 1. The summed E-state index contributed by atoms with van der Waals surface area (Å²) in [6.07, 6.45) is 1.86. The standard InChI is InChI=1S/C14H18N4O3/c1-21-13-4-5-17(12(7-13)9-16)11-2-3-14(18(19)20)10(6-11)8-15/h2-3,6,12-13H,4-5,7,9,16H2,1H3. The summed E-state index contributed by atoms with van der Waals surface area (Å²) >= 11 is 0. The van der Waals surface area contributed by atoms with Gasteiger partial charge in [0.1, 0.15) is 11.6 Å². The number of nitro benzene ring substituents is 1. The highest BCUT2D eigenvalue weighted by Gasteiger charge is 2.28. The van der Waals surface area contributed by atoms with Gasteiger partial charge in [0.2, 0.25) is 0 Å². The Morgan fingerprint density at radius 1 is 1.62 bits per heavy atom. The van der Waals surface area contributed by atoms with E-state index in [0.29, 0.717) is 6.54 Å². The van der Waals surface area contributed by atoms with Gasteiger partial charge in [-0.05, 0) is 25.0 Å². The van der Waals surface area contributed by atoms with E-state index in [2.05, 4.69) is 4.90 Å². The molecule has 0 spiro atoms. The van der Waals surface area contributed by atoms with Crippen LogP contribution >= 0.6 is 0 Å². The second-order valence-corrected chi connectivity index (χ2v) is 5.04. The minimum atomic E-state index is -0.542. The van der Waals surface area contributed by atoms with E-state index in [9.17, 15) is 10.1 Å². The van der Waals surface area contributed by atoms with Crippen LogP contribution in [0, 0.1) is 21.4 Å². The summed E-state index contributed by atoms with van der Waals surface area (Å²) in [4.78, 5) is 12.4. The lowest BCUT2D eigenvalue weighted by Gasteiger charge is -2.40. The molecule has 0 amide bonds. The SMILES string of the molecule is COC1CCN(c2ccc([N+](=O)[O-])c(C#N)c2)C(CN)C1. The fourth-order valence-corrected chi connectivity index (χ4v) is 2.74. The van der Waals surface area contributed by atoms with Crippen molar-refractivity contribution in [2.24, 2.45) is 5.73 Å². The number of nitrogens with two attached hydrogens (primary N) is 1. The number of rotatable bonds is 4. The number of nitrogens with zero attached hydrogens (tertiary/aromatic N) is 3. The first-order valence-electron chi connectivity index (χ1n) is 6.78. The van der Waals surface area contributed by atoms with E-state index in [1.165, 1.54) is 6.07 Å². The third-order valence-electron chi connectivity index (χ3n) is 3.90. The molecule has 0 aliphatic carbocycles. The summed E-state index contributed by atoms with van der Waals surface area (Å²) in [5, 5.41) is 20.0. The number of nitro groups is 1. The fourth-order valence-electron chi connectivity index (χ4n) is 2.74. The molecule has 1 aliphatic heterocycles. The molecule has 2 N–H and O–H groups in total. The van der Waals surface area contributed by atoms with Gasteiger partial charge < -0.3 is 15.4 Å².